The van der Waals surface area contributed by atoms with Crippen LogP contribution >= 0.6 is 0 Å². The average molecular weight is 706 g/mol. The van der Waals surface area contributed by atoms with E-state index in [0.717, 1.165) is 23.5 Å². The quantitative estimate of drug-likeness (QED) is 0.128. The summed E-state index contributed by atoms with van der Waals surface area (Å²) in [5.74, 6) is 0. The summed E-state index contributed by atoms with van der Waals surface area (Å²) in [6.45, 7) is 2.25. The molecule has 0 saturated carbocycles. The molecule has 9 rings (SSSR count). The van der Waals surface area contributed by atoms with Gasteiger partial charge >= 0.3 is 0 Å². The van der Waals surface area contributed by atoms with Crippen molar-refractivity contribution in [1.82, 2.24) is 0 Å². The molecule has 0 radical (unpaired) electrons. The van der Waals surface area contributed by atoms with Crippen LogP contribution in [0.4, 0.5) is 17.1 Å². The molecule has 264 valence electrons. The van der Waals surface area contributed by atoms with Crippen molar-refractivity contribution >= 4 is 38.6 Å². The SMILES string of the molecule is CCCCc1ccc(-c2ccc(-c3ccc(N(c4cccc(-c5ccccc5)c4)c4cccc(-c5cc6ccccc6c6ccccc56)c4)cc3)cc2)cc1. The van der Waals surface area contributed by atoms with Gasteiger partial charge in [-0.1, -0.05) is 177 Å². The third-order valence-electron chi connectivity index (χ3n) is 10.8. The number of anilines is 3. The number of fused-ring (bicyclic) bond motifs is 3. The Bertz CT molecular complexity index is 2710. The van der Waals surface area contributed by atoms with Gasteiger partial charge in [-0.2, -0.15) is 0 Å². The fourth-order valence-corrected chi connectivity index (χ4v) is 7.91. The van der Waals surface area contributed by atoms with Crippen LogP contribution in [-0.4, -0.2) is 0 Å². The van der Waals surface area contributed by atoms with Crippen molar-refractivity contribution in [2.75, 3.05) is 4.90 Å². The van der Waals surface area contributed by atoms with Gasteiger partial charge in [0, 0.05) is 17.1 Å². The van der Waals surface area contributed by atoms with Crippen molar-refractivity contribution in [3.63, 3.8) is 0 Å². The van der Waals surface area contributed by atoms with Crippen LogP contribution in [0.2, 0.25) is 0 Å². The molecule has 0 bridgehead atoms. The Morgan fingerprint density at radius 3 is 1.49 bits per heavy atom. The molecule has 0 aromatic heterocycles. The van der Waals surface area contributed by atoms with E-state index in [2.05, 4.69) is 218 Å². The zero-order valence-corrected chi connectivity index (χ0v) is 31.2. The lowest BCUT2D eigenvalue weighted by atomic mass is 9.93. The van der Waals surface area contributed by atoms with E-state index in [1.165, 1.54) is 84.5 Å². The van der Waals surface area contributed by atoms with E-state index in [-0.39, 0.29) is 0 Å². The number of rotatable bonds is 10. The minimum absolute atomic E-state index is 1.11. The highest BCUT2D eigenvalue weighted by Crippen LogP contribution is 2.41. The lowest BCUT2D eigenvalue weighted by molar-refractivity contribution is 0.795. The first-order valence-corrected chi connectivity index (χ1v) is 19.5. The van der Waals surface area contributed by atoms with E-state index in [1.54, 1.807) is 0 Å². The van der Waals surface area contributed by atoms with Gasteiger partial charge in [-0.3, -0.25) is 0 Å². The Hall–Kier alpha value is -6.70. The molecular weight excluding hydrogens is 663 g/mol. The second-order valence-electron chi connectivity index (χ2n) is 14.4. The van der Waals surface area contributed by atoms with Crippen LogP contribution in [0.1, 0.15) is 25.3 Å². The van der Waals surface area contributed by atoms with Gasteiger partial charge in [0.15, 0.2) is 0 Å². The van der Waals surface area contributed by atoms with Crippen molar-refractivity contribution in [2.45, 2.75) is 26.2 Å². The molecule has 0 fully saturated rings. The first-order chi connectivity index (χ1) is 27.2. The Morgan fingerprint density at radius 1 is 0.345 bits per heavy atom. The largest absolute Gasteiger partial charge is 0.310 e. The first-order valence-electron chi connectivity index (χ1n) is 19.5. The molecule has 0 saturated heterocycles. The van der Waals surface area contributed by atoms with Gasteiger partial charge < -0.3 is 4.90 Å². The molecule has 0 amide bonds. The summed E-state index contributed by atoms with van der Waals surface area (Å²) in [7, 11) is 0. The van der Waals surface area contributed by atoms with E-state index in [1.807, 2.05) is 0 Å². The van der Waals surface area contributed by atoms with Gasteiger partial charge in [0.1, 0.15) is 0 Å². The molecule has 0 spiro atoms. The molecular formula is C54H43N. The van der Waals surface area contributed by atoms with E-state index in [4.69, 9.17) is 0 Å². The molecule has 0 unspecified atom stereocenters. The van der Waals surface area contributed by atoms with Crippen LogP contribution < -0.4 is 4.90 Å². The molecule has 0 aliphatic carbocycles. The molecule has 0 aliphatic heterocycles. The minimum atomic E-state index is 1.11. The van der Waals surface area contributed by atoms with Crippen molar-refractivity contribution in [1.29, 1.82) is 0 Å². The number of hydrogen-bond acceptors (Lipinski definition) is 1. The molecule has 0 aliphatic rings. The van der Waals surface area contributed by atoms with Crippen molar-refractivity contribution in [3.05, 3.63) is 212 Å². The Labute approximate surface area is 324 Å². The van der Waals surface area contributed by atoms with Gasteiger partial charge in [0.25, 0.3) is 0 Å². The maximum Gasteiger partial charge on any atom is 0.0467 e. The van der Waals surface area contributed by atoms with Crippen LogP contribution in [0.15, 0.2) is 206 Å². The third-order valence-corrected chi connectivity index (χ3v) is 10.8. The zero-order chi connectivity index (χ0) is 37.0. The second-order valence-corrected chi connectivity index (χ2v) is 14.4. The molecule has 1 heteroatoms. The Balaban J connectivity index is 1.09. The van der Waals surface area contributed by atoms with Crippen LogP contribution in [0.3, 0.4) is 0 Å². The van der Waals surface area contributed by atoms with Crippen LogP contribution in [0, 0.1) is 0 Å². The Kier molecular flexibility index (Phi) is 9.51. The standard InChI is InChI=1S/C54H43N/c1-2-3-13-39-24-26-41(27-25-39)42-28-30-43(31-29-42)44-32-34-48(35-33-44)55(49-19-11-17-45(36-49)40-14-5-4-6-15-40)50-20-12-18-46(37-50)54-38-47-16-7-8-21-51(47)52-22-9-10-23-53(52)54/h4-12,14-38H,2-3,13H2,1H3. The molecule has 0 atom stereocenters. The Morgan fingerprint density at radius 2 is 0.836 bits per heavy atom. The van der Waals surface area contributed by atoms with Crippen LogP contribution in [0.25, 0.3) is 66.1 Å². The summed E-state index contributed by atoms with van der Waals surface area (Å²) in [5.41, 5.74) is 14.5. The van der Waals surface area contributed by atoms with Crippen molar-refractivity contribution in [2.24, 2.45) is 0 Å². The zero-order valence-electron chi connectivity index (χ0n) is 31.2. The van der Waals surface area contributed by atoms with Gasteiger partial charge in [-0.05, 0) is 127 Å². The number of benzene rings is 9. The van der Waals surface area contributed by atoms with E-state index >= 15 is 0 Å². The minimum Gasteiger partial charge on any atom is -0.310 e. The molecule has 0 heterocycles. The van der Waals surface area contributed by atoms with E-state index < -0.39 is 0 Å². The molecule has 9 aromatic rings. The predicted molar refractivity (Wildman–Crippen MR) is 236 cm³/mol. The highest BCUT2D eigenvalue weighted by atomic mass is 15.1. The molecule has 55 heavy (non-hydrogen) atoms. The normalized spacial score (nSPS) is 11.2. The fourth-order valence-electron chi connectivity index (χ4n) is 7.91. The van der Waals surface area contributed by atoms with Crippen LogP contribution in [-0.2, 0) is 6.42 Å². The lowest BCUT2D eigenvalue weighted by Gasteiger charge is -2.27. The second kappa shape index (κ2) is 15.3. The highest BCUT2D eigenvalue weighted by Gasteiger charge is 2.16. The van der Waals surface area contributed by atoms with E-state index in [0.29, 0.717) is 0 Å². The fraction of sp³-hybridized carbons (Fsp3) is 0.0741. The number of unbranched alkanes of at least 4 members (excludes halogenated alkanes) is 1. The lowest BCUT2D eigenvalue weighted by Crippen LogP contribution is -2.10. The monoisotopic (exact) mass is 705 g/mol. The summed E-state index contributed by atoms with van der Waals surface area (Å²) >= 11 is 0. The summed E-state index contributed by atoms with van der Waals surface area (Å²) in [4.78, 5) is 2.39. The van der Waals surface area contributed by atoms with Crippen molar-refractivity contribution in [3.8, 4) is 44.5 Å². The maximum atomic E-state index is 2.39. The molecule has 0 N–H and O–H groups in total. The van der Waals surface area contributed by atoms with Gasteiger partial charge in [0.05, 0.1) is 0 Å². The molecule has 1 nitrogen and oxygen atoms in total. The summed E-state index contributed by atoms with van der Waals surface area (Å²) in [5, 5.41) is 5.06. The topological polar surface area (TPSA) is 3.24 Å². The number of aryl methyl sites for hydroxylation is 1. The number of nitrogens with zero attached hydrogens (tertiary/aromatic N) is 1. The number of hydrogen-bond donors (Lipinski definition) is 0. The third kappa shape index (κ3) is 7.05. The first kappa shape index (κ1) is 34.1. The van der Waals surface area contributed by atoms with E-state index in [9.17, 15) is 0 Å². The van der Waals surface area contributed by atoms with Gasteiger partial charge in [-0.25, -0.2) is 0 Å². The predicted octanol–water partition coefficient (Wildman–Crippen LogP) is 15.5. The molecule has 9 aromatic carbocycles. The van der Waals surface area contributed by atoms with Crippen molar-refractivity contribution < 1.29 is 0 Å². The maximum absolute atomic E-state index is 2.39. The van der Waals surface area contributed by atoms with Gasteiger partial charge in [0.2, 0.25) is 0 Å². The summed E-state index contributed by atoms with van der Waals surface area (Å²) in [6.07, 6.45) is 3.61. The highest BCUT2D eigenvalue weighted by molar-refractivity contribution is 6.13. The average Bonchev–Trinajstić information content (AvgIpc) is 3.26. The van der Waals surface area contributed by atoms with Gasteiger partial charge in [-0.15, -0.1) is 0 Å². The smallest absolute Gasteiger partial charge is 0.0467 e. The summed E-state index contributed by atoms with van der Waals surface area (Å²) in [6, 6.07) is 75.4. The summed E-state index contributed by atoms with van der Waals surface area (Å²) < 4.78 is 0. The van der Waals surface area contributed by atoms with Crippen LogP contribution in [0.5, 0.6) is 0 Å².